The predicted octanol–water partition coefficient (Wildman–Crippen LogP) is 1.61. The minimum Gasteiger partial charge on any atom is -0.378 e. The summed E-state index contributed by atoms with van der Waals surface area (Å²) in [5.74, 6) is 2.44. The van der Waals surface area contributed by atoms with E-state index in [1.54, 1.807) is 45.8 Å². The number of hydrogen-bond acceptors (Lipinski definition) is 8. The maximum absolute atomic E-state index is 13.9. The molecule has 1 aromatic heterocycles. The van der Waals surface area contributed by atoms with Crippen LogP contribution < -0.4 is 0 Å². The molecule has 3 amide bonds. The number of terminal acetylenes is 1. The summed E-state index contributed by atoms with van der Waals surface area (Å²) in [4.78, 5) is 35.8. The van der Waals surface area contributed by atoms with Crippen molar-refractivity contribution in [2.45, 2.75) is 42.2 Å². The summed E-state index contributed by atoms with van der Waals surface area (Å²) in [5, 5.41) is 8.12. The fraction of sp³-hybridized carbons (Fsp3) is 0.536. The number of nitrogens with one attached hydrogen (secondary N) is 1. The summed E-state index contributed by atoms with van der Waals surface area (Å²) in [6, 6.07) is 6.10. The molecule has 0 spiro atoms. The lowest BCUT2D eigenvalue weighted by Crippen LogP contribution is -2.60. The van der Waals surface area contributed by atoms with Gasteiger partial charge in [-0.25, -0.2) is 18.2 Å². The molecule has 0 radical (unpaired) electrons. The second-order valence-corrected chi connectivity index (χ2v) is 14.3. The largest absolute Gasteiger partial charge is 0.378 e. The second kappa shape index (κ2) is 11.5. The predicted molar refractivity (Wildman–Crippen MR) is 160 cm³/mol. The molecule has 1 aromatic carbocycles. The molecule has 224 valence electrons. The van der Waals surface area contributed by atoms with Crippen LogP contribution in [-0.4, -0.2) is 131 Å². The molecule has 4 aliphatic heterocycles. The normalized spacial score (nSPS) is 25.8. The van der Waals surface area contributed by atoms with Gasteiger partial charge in [-0.15, -0.1) is 6.42 Å². The number of hydrogen-bond donors (Lipinski definition) is 1. The summed E-state index contributed by atoms with van der Waals surface area (Å²) in [7, 11) is -1.88. The number of sulfonamides is 1. The number of nitrogens with zero attached hydrogens (tertiary/aromatic N) is 6. The van der Waals surface area contributed by atoms with Crippen molar-refractivity contribution < 1.29 is 22.7 Å². The molecule has 3 saturated heterocycles. The van der Waals surface area contributed by atoms with Gasteiger partial charge in [0.15, 0.2) is 0 Å². The number of hydrazone groups is 1. The average molecular weight is 614 g/mol. The summed E-state index contributed by atoms with van der Waals surface area (Å²) in [5.41, 5.74) is 1.32. The molecule has 6 rings (SSSR count). The van der Waals surface area contributed by atoms with E-state index in [2.05, 4.69) is 29.8 Å². The number of rotatable bonds is 4. The smallest absolute Gasteiger partial charge is 0.340 e. The van der Waals surface area contributed by atoms with Gasteiger partial charge in [-0.3, -0.25) is 9.69 Å². The maximum Gasteiger partial charge on any atom is 0.340 e. The van der Waals surface area contributed by atoms with Crippen LogP contribution in [0.3, 0.4) is 0 Å². The van der Waals surface area contributed by atoms with Gasteiger partial charge in [-0.05, 0) is 44.7 Å². The van der Waals surface area contributed by atoms with Crippen LogP contribution in [0.2, 0.25) is 0 Å². The number of benzene rings is 1. The molecule has 1 N–H and O–H groups in total. The number of thioether (sulfide) groups is 1. The molecular weight excluding hydrogens is 578 g/mol. The Morgan fingerprint density at radius 3 is 2.71 bits per heavy atom. The van der Waals surface area contributed by atoms with E-state index in [0.29, 0.717) is 49.3 Å². The average Bonchev–Trinajstić information content (AvgIpc) is 3.57. The number of H-pyrrole nitrogens is 1. The van der Waals surface area contributed by atoms with Gasteiger partial charge in [0, 0.05) is 62.2 Å². The van der Waals surface area contributed by atoms with Crippen molar-refractivity contribution in [1.29, 1.82) is 0 Å². The molecule has 12 nitrogen and oxygen atoms in total. The highest BCUT2D eigenvalue weighted by Crippen LogP contribution is 2.35. The highest BCUT2D eigenvalue weighted by atomic mass is 32.2. The Kier molecular flexibility index (Phi) is 7.97. The summed E-state index contributed by atoms with van der Waals surface area (Å²) < 4.78 is 34.4. The van der Waals surface area contributed by atoms with E-state index < -0.39 is 16.1 Å². The van der Waals surface area contributed by atoms with Gasteiger partial charge in [0.1, 0.15) is 10.1 Å². The van der Waals surface area contributed by atoms with Crippen molar-refractivity contribution in [1.82, 2.24) is 29.0 Å². The minimum atomic E-state index is -3.94. The zero-order valence-corrected chi connectivity index (χ0v) is 25.4. The topological polar surface area (TPSA) is 122 Å². The Labute approximate surface area is 250 Å². The van der Waals surface area contributed by atoms with Gasteiger partial charge in [-0.2, -0.15) is 9.41 Å². The lowest BCUT2D eigenvalue weighted by Gasteiger charge is -2.42. The summed E-state index contributed by atoms with van der Waals surface area (Å²) in [6.07, 6.45) is 6.30. The zero-order chi connectivity index (χ0) is 29.6. The first-order valence-corrected chi connectivity index (χ1v) is 16.5. The van der Waals surface area contributed by atoms with Gasteiger partial charge in [0.25, 0.3) is 10.0 Å². The van der Waals surface area contributed by atoms with Crippen molar-refractivity contribution in [3.05, 3.63) is 29.8 Å². The van der Waals surface area contributed by atoms with Gasteiger partial charge in [0.05, 0.1) is 30.7 Å². The number of aromatic amines is 1. The number of ether oxygens (including phenoxy) is 1. The summed E-state index contributed by atoms with van der Waals surface area (Å²) >= 11 is 1.65. The van der Waals surface area contributed by atoms with Gasteiger partial charge in [0.2, 0.25) is 5.91 Å². The van der Waals surface area contributed by atoms with E-state index >= 15 is 0 Å². The van der Waals surface area contributed by atoms with Gasteiger partial charge in [-0.1, -0.05) is 17.7 Å². The Morgan fingerprint density at radius 1 is 1.17 bits per heavy atom. The van der Waals surface area contributed by atoms with Crippen LogP contribution >= 0.6 is 11.8 Å². The van der Waals surface area contributed by atoms with E-state index in [4.69, 9.17) is 16.3 Å². The van der Waals surface area contributed by atoms with Crippen LogP contribution in [0.5, 0.6) is 0 Å². The van der Waals surface area contributed by atoms with E-state index in [0.717, 1.165) is 11.5 Å². The maximum atomic E-state index is 13.9. The number of morpholine rings is 1. The van der Waals surface area contributed by atoms with Crippen molar-refractivity contribution in [3.8, 4) is 12.3 Å². The molecule has 14 heteroatoms. The monoisotopic (exact) mass is 613 g/mol. The molecule has 42 heavy (non-hydrogen) atoms. The van der Waals surface area contributed by atoms with Crippen LogP contribution in [0.1, 0.15) is 25.3 Å². The van der Waals surface area contributed by atoms with Crippen molar-refractivity contribution >= 4 is 49.7 Å². The number of amides is 3. The van der Waals surface area contributed by atoms with E-state index in [-0.39, 0.29) is 54.4 Å². The molecule has 0 saturated carbocycles. The highest BCUT2D eigenvalue weighted by molar-refractivity contribution is 8.14. The number of piperazine rings is 1. The molecule has 5 heterocycles. The lowest BCUT2D eigenvalue weighted by molar-refractivity contribution is -0.136. The highest BCUT2D eigenvalue weighted by Gasteiger charge is 2.43. The third-order valence-corrected chi connectivity index (χ3v) is 11.6. The fourth-order valence-corrected chi connectivity index (χ4v) is 8.70. The third kappa shape index (κ3) is 5.40. The Bertz CT molecular complexity index is 1560. The Hall–Kier alpha value is -3.09. The van der Waals surface area contributed by atoms with Gasteiger partial charge >= 0.3 is 6.03 Å². The first-order chi connectivity index (χ1) is 20.2. The molecule has 4 aliphatic rings. The molecule has 0 aliphatic carbocycles. The van der Waals surface area contributed by atoms with Crippen LogP contribution in [0.25, 0.3) is 10.9 Å². The Balaban J connectivity index is 1.25. The summed E-state index contributed by atoms with van der Waals surface area (Å²) in [6.45, 7) is 4.68. The molecule has 2 aromatic rings. The number of aromatic nitrogens is 1. The van der Waals surface area contributed by atoms with E-state index in [1.165, 1.54) is 9.31 Å². The fourth-order valence-electron chi connectivity index (χ4n) is 5.97. The first kappa shape index (κ1) is 29.0. The Morgan fingerprint density at radius 2 is 1.95 bits per heavy atom. The van der Waals surface area contributed by atoms with Crippen molar-refractivity contribution in [2.75, 3.05) is 59.5 Å². The zero-order valence-electron chi connectivity index (χ0n) is 23.7. The van der Waals surface area contributed by atoms with E-state index in [1.807, 2.05) is 0 Å². The molecule has 3 unspecified atom stereocenters. The van der Waals surface area contributed by atoms with Crippen LogP contribution in [0, 0.1) is 12.3 Å². The van der Waals surface area contributed by atoms with Crippen molar-refractivity contribution in [2.24, 2.45) is 5.10 Å². The second-order valence-electron chi connectivity index (χ2n) is 11.0. The number of carbonyl (C=O) groups is 2. The van der Waals surface area contributed by atoms with Crippen LogP contribution in [0.15, 0.2) is 34.4 Å². The third-order valence-electron chi connectivity index (χ3n) is 8.54. The standard InChI is InChI=1S/C28H35N7O5S2/c1-4-20-5-6-23-21(15-20)16-25(29-23)42(38,39)33-9-10-34(22(18-33)17-26(36)32-11-13-40-14-12-32)28(37)35-8-7-24-27(30-35)41-19(2)31(24)3/h1,5-6,15-16,19,22,24,29H,7-14,17-18H2,2-3H3. The minimum absolute atomic E-state index is 0.00329. The van der Waals surface area contributed by atoms with Gasteiger partial charge < -0.3 is 19.5 Å². The SMILES string of the molecule is C#Cc1ccc2[nH]c(S(=O)(=O)N3CCN(C(=O)N4CCC5C(=N4)SC(C)N5C)C(CC(=O)N4CCOCC4)C3)cc2c1. The number of fused-ring (bicyclic) bond motifs is 2. The van der Waals surface area contributed by atoms with Crippen LogP contribution in [-0.2, 0) is 19.6 Å². The number of carbonyl (C=O) groups excluding carboxylic acids is 2. The number of urea groups is 1. The first-order valence-electron chi connectivity index (χ1n) is 14.2. The molecule has 3 fully saturated rings. The molecule has 0 bridgehead atoms. The molecular formula is C28H35N7O5S2. The quantitative estimate of drug-likeness (QED) is 0.520. The lowest BCUT2D eigenvalue weighted by atomic mass is 10.1. The van der Waals surface area contributed by atoms with E-state index in [9.17, 15) is 18.0 Å². The van der Waals surface area contributed by atoms with Crippen LogP contribution in [0.4, 0.5) is 4.79 Å². The molecule has 3 atom stereocenters. The van der Waals surface area contributed by atoms with Crippen molar-refractivity contribution in [3.63, 3.8) is 0 Å².